The van der Waals surface area contributed by atoms with Crippen LogP contribution in [0.2, 0.25) is 15.1 Å². The lowest BCUT2D eigenvalue weighted by molar-refractivity contribution is 0.156. The highest BCUT2D eigenvalue weighted by Crippen LogP contribution is 2.39. The molecular weight excluding hydrogens is 317 g/mol. The van der Waals surface area contributed by atoms with Crippen LogP contribution in [0.4, 0.5) is 0 Å². The topological polar surface area (TPSA) is 25.2 Å². The zero-order chi connectivity index (χ0) is 14.4. The Morgan fingerprint density at radius 1 is 1.15 bits per heavy atom. The van der Waals surface area contributed by atoms with Crippen molar-refractivity contribution in [3.05, 3.63) is 50.2 Å². The molecule has 0 amide bonds. The first-order valence-electron chi connectivity index (χ1n) is 6.53. The Balaban J connectivity index is 2.26. The largest absolute Gasteiger partial charge is 0.388 e. The molecule has 0 saturated carbocycles. The Morgan fingerprint density at radius 3 is 2.45 bits per heavy atom. The number of halogens is 3. The fourth-order valence-corrected chi connectivity index (χ4v) is 3.92. The summed E-state index contributed by atoms with van der Waals surface area (Å²) in [4.78, 5) is 0. The number of aliphatic hydroxyl groups excluding tert-OH is 1. The number of aromatic nitrogens is 1. The van der Waals surface area contributed by atoms with E-state index in [1.165, 1.54) is 0 Å². The number of fused-ring (bicyclic) bond motifs is 1. The molecule has 1 aromatic carbocycles. The summed E-state index contributed by atoms with van der Waals surface area (Å²) < 4.78 is 2.04. The van der Waals surface area contributed by atoms with E-state index in [0.29, 0.717) is 15.1 Å². The molecule has 1 atom stereocenters. The average molecular weight is 331 g/mol. The van der Waals surface area contributed by atoms with Gasteiger partial charge in [-0.05, 0) is 44.4 Å². The highest BCUT2D eigenvalue weighted by Gasteiger charge is 2.25. The lowest BCUT2D eigenvalue weighted by Crippen LogP contribution is -2.12. The Bertz CT molecular complexity index is 655. The van der Waals surface area contributed by atoms with Gasteiger partial charge in [0.1, 0.15) is 0 Å². The van der Waals surface area contributed by atoms with Crippen molar-refractivity contribution in [1.82, 2.24) is 4.57 Å². The first-order chi connectivity index (χ1) is 9.49. The van der Waals surface area contributed by atoms with Gasteiger partial charge in [-0.1, -0.05) is 34.8 Å². The Labute approximate surface area is 132 Å². The van der Waals surface area contributed by atoms with Crippen LogP contribution in [-0.2, 0) is 6.42 Å². The van der Waals surface area contributed by atoms with Gasteiger partial charge >= 0.3 is 0 Å². The Morgan fingerprint density at radius 2 is 1.80 bits per heavy atom. The number of aliphatic hydroxyl groups is 1. The van der Waals surface area contributed by atoms with Gasteiger partial charge in [-0.2, -0.15) is 0 Å². The third-order valence-corrected chi connectivity index (χ3v) is 4.57. The molecule has 1 aromatic heterocycles. The smallest absolute Gasteiger partial charge is 0.0831 e. The maximum absolute atomic E-state index is 10.1. The van der Waals surface area contributed by atoms with E-state index in [1.54, 1.807) is 12.1 Å². The van der Waals surface area contributed by atoms with E-state index in [2.05, 4.69) is 0 Å². The van der Waals surface area contributed by atoms with Crippen LogP contribution < -0.4 is 0 Å². The van der Waals surface area contributed by atoms with Crippen molar-refractivity contribution in [3.8, 4) is 5.69 Å². The van der Waals surface area contributed by atoms with E-state index in [4.69, 9.17) is 34.8 Å². The fraction of sp³-hybridized carbons (Fsp3) is 0.333. The molecule has 20 heavy (non-hydrogen) atoms. The summed E-state index contributed by atoms with van der Waals surface area (Å²) in [7, 11) is 0. The van der Waals surface area contributed by atoms with Gasteiger partial charge in [0, 0.05) is 22.0 Å². The van der Waals surface area contributed by atoms with Crippen molar-refractivity contribution >= 4 is 34.8 Å². The molecule has 106 valence electrons. The molecule has 0 aliphatic heterocycles. The summed E-state index contributed by atoms with van der Waals surface area (Å²) in [6.07, 6.45) is 2.28. The molecule has 1 heterocycles. The van der Waals surface area contributed by atoms with Gasteiger partial charge in [0.25, 0.3) is 0 Å². The second-order valence-corrected chi connectivity index (χ2v) is 6.40. The van der Waals surface area contributed by atoms with Gasteiger partial charge in [-0.15, -0.1) is 0 Å². The first-order valence-corrected chi connectivity index (χ1v) is 7.66. The van der Waals surface area contributed by atoms with Crippen LogP contribution in [0, 0.1) is 6.92 Å². The third kappa shape index (κ3) is 2.25. The number of benzene rings is 1. The second-order valence-electron chi connectivity index (χ2n) is 5.15. The fourth-order valence-electron chi connectivity index (χ4n) is 2.94. The molecule has 2 nitrogen and oxygen atoms in total. The van der Waals surface area contributed by atoms with Crippen LogP contribution >= 0.6 is 34.8 Å². The first kappa shape index (κ1) is 14.3. The minimum Gasteiger partial charge on any atom is -0.388 e. The zero-order valence-electron chi connectivity index (χ0n) is 11.0. The molecule has 0 saturated heterocycles. The third-order valence-electron chi connectivity index (χ3n) is 3.78. The van der Waals surface area contributed by atoms with E-state index in [-0.39, 0.29) is 0 Å². The van der Waals surface area contributed by atoms with Gasteiger partial charge in [0.05, 0.1) is 21.8 Å². The molecule has 1 N–H and O–H groups in total. The van der Waals surface area contributed by atoms with Crippen LogP contribution in [-0.4, -0.2) is 9.67 Å². The minimum absolute atomic E-state index is 0.399. The van der Waals surface area contributed by atoms with Crippen molar-refractivity contribution in [3.63, 3.8) is 0 Å². The summed E-state index contributed by atoms with van der Waals surface area (Å²) in [6, 6.07) is 5.39. The molecule has 0 fully saturated rings. The summed E-state index contributed by atoms with van der Waals surface area (Å²) >= 11 is 18.6. The van der Waals surface area contributed by atoms with E-state index < -0.39 is 6.10 Å². The van der Waals surface area contributed by atoms with Gasteiger partial charge < -0.3 is 9.67 Å². The quantitative estimate of drug-likeness (QED) is 0.771. The van der Waals surface area contributed by atoms with Gasteiger partial charge in [0.15, 0.2) is 0 Å². The minimum atomic E-state index is -0.399. The SMILES string of the molecule is Cc1cc2c(n1-c1c(Cl)cc(Cl)cc1Cl)CCCC2O. The predicted octanol–water partition coefficient (Wildman–Crippen LogP) is 5.12. The molecule has 5 heteroatoms. The van der Waals surface area contributed by atoms with Gasteiger partial charge in [-0.25, -0.2) is 0 Å². The maximum atomic E-state index is 10.1. The second kappa shape index (κ2) is 5.27. The lowest BCUT2D eigenvalue weighted by atomic mass is 9.95. The normalized spacial score (nSPS) is 18.1. The summed E-state index contributed by atoms with van der Waals surface area (Å²) in [6.45, 7) is 1.99. The molecule has 0 bridgehead atoms. The Hall–Kier alpha value is -0.670. The number of aryl methyl sites for hydroxylation is 1. The van der Waals surface area contributed by atoms with E-state index in [9.17, 15) is 5.11 Å². The van der Waals surface area contributed by atoms with Gasteiger partial charge in [0.2, 0.25) is 0 Å². The highest BCUT2D eigenvalue weighted by atomic mass is 35.5. The summed E-state index contributed by atoms with van der Waals surface area (Å²) in [5.41, 5.74) is 3.83. The number of hydrogen-bond donors (Lipinski definition) is 1. The molecule has 1 aliphatic carbocycles. The molecule has 1 unspecified atom stereocenters. The molecular formula is C15H14Cl3NO. The van der Waals surface area contributed by atoms with Crippen LogP contribution in [0.15, 0.2) is 18.2 Å². The molecule has 0 radical (unpaired) electrons. The van der Waals surface area contributed by atoms with Crippen molar-refractivity contribution in [2.75, 3.05) is 0 Å². The maximum Gasteiger partial charge on any atom is 0.0831 e. The van der Waals surface area contributed by atoms with Crippen molar-refractivity contribution in [2.24, 2.45) is 0 Å². The standard InChI is InChI=1S/C15H14Cl3NO/c1-8-5-10-13(3-2-4-14(10)20)19(8)15-11(17)6-9(16)7-12(15)18/h5-7,14,20H,2-4H2,1H3. The zero-order valence-corrected chi connectivity index (χ0v) is 13.2. The molecule has 1 aliphatic rings. The van der Waals surface area contributed by atoms with Gasteiger partial charge in [-0.3, -0.25) is 0 Å². The summed E-state index contributed by atoms with van der Waals surface area (Å²) in [5, 5.41) is 11.7. The van der Waals surface area contributed by atoms with Crippen molar-refractivity contribution < 1.29 is 5.11 Å². The number of hydrogen-bond acceptors (Lipinski definition) is 1. The average Bonchev–Trinajstić information content (AvgIpc) is 2.67. The molecule has 2 aromatic rings. The predicted molar refractivity (Wildman–Crippen MR) is 83.4 cm³/mol. The summed E-state index contributed by atoms with van der Waals surface area (Å²) in [5.74, 6) is 0. The number of rotatable bonds is 1. The Kier molecular flexibility index (Phi) is 3.76. The van der Waals surface area contributed by atoms with Crippen molar-refractivity contribution in [2.45, 2.75) is 32.3 Å². The van der Waals surface area contributed by atoms with E-state index in [1.807, 2.05) is 17.6 Å². The highest BCUT2D eigenvalue weighted by molar-refractivity contribution is 6.40. The van der Waals surface area contributed by atoms with Crippen LogP contribution in [0.3, 0.4) is 0 Å². The molecule has 0 spiro atoms. The number of nitrogens with zero attached hydrogens (tertiary/aromatic N) is 1. The van der Waals surface area contributed by atoms with Crippen LogP contribution in [0.25, 0.3) is 5.69 Å². The van der Waals surface area contributed by atoms with E-state index >= 15 is 0 Å². The van der Waals surface area contributed by atoms with Crippen LogP contribution in [0.1, 0.15) is 35.9 Å². The lowest BCUT2D eigenvalue weighted by Gasteiger charge is -2.21. The molecule has 3 rings (SSSR count). The van der Waals surface area contributed by atoms with Crippen molar-refractivity contribution in [1.29, 1.82) is 0 Å². The monoisotopic (exact) mass is 329 g/mol. The van der Waals surface area contributed by atoms with E-state index in [0.717, 1.165) is 41.9 Å². The van der Waals surface area contributed by atoms with Crippen LogP contribution in [0.5, 0.6) is 0 Å².